The first-order valence-electron chi connectivity index (χ1n) is 7.32. The molecule has 0 aliphatic carbocycles. The molecule has 4 nitrogen and oxygen atoms in total. The van der Waals surface area contributed by atoms with Crippen LogP contribution in [0.2, 0.25) is 0 Å². The number of thioether (sulfide) groups is 1. The van der Waals surface area contributed by atoms with Crippen LogP contribution in [0, 0.1) is 0 Å². The smallest absolute Gasteiger partial charge is 0.398 e. The molecule has 1 atom stereocenters. The molecular formula is C17H13F3N2O2S. The highest BCUT2D eigenvalue weighted by Gasteiger charge is 2.41. The summed E-state index contributed by atoms with van der Waals surface area (Å²) in [7, 11) is 0. The van der Waals surface area contributed by atoms with E-state index >= 15 is 0 Å². The number of nitrogens with two attached hydrogens (primary N) is 1. The van der Waals surface area contributed by atoms with Crippen molar-refractivity contribution in [2.24, 2.45) is 0 Å². The van der Waals surface area contributed by atoms with Crippen molar-refractivity contribution in [3.8, 4) is 0 Å². The molecule has 1 fully saturated rings. The average molecular weight is 366 g/mol. The zero-order valence-corrected chi connectivity index (χ0v) is 13.6. The fourth-order valence-electron chi connectivity index (χ4n) is 2.53. The van der Waals surface area contributed by atoms with Crippen LogP contribution in [0.25, 0.3) is 0 Å². The van der Waals surface area contributed by atoms with Gasteiger partial charge in [0.05, 0.1) is 16.5 Å². The first-order valence-corrected chi connectivity index (χ1v) is 8.20. The Labute approximate surface area is 145 Å². The molecule has 1 aliphatic rings. The van der Waals surface area contributed by atoms with Gasteiger partial charge in [0.2, 0.25) is 11.8 Å². The minimum atomic E-state index is -4.55. The summed E-state index contributed by atoms with van der Waals surface area (Å²) in [4.78, 5) is 26.2. The lowest BCUT2D eigenvalue weighted by molar-refractivity contribution is -0.137. The van der Waals surface area contributed by atoms with Crippen molar-refractivity contribution in [2.75, 3.05) is 10.6 Å². The second kappa shape index (κ2) is 6.44. The van der Waals surface area contributed by atoms with Gasteiger partial charge >= 0.3 is 6.18 Å². The number of para-hydroxylation sites is 1. The van der Waals surface area contributed by atoms with Crippen molar-refractivity contribution < 1.29 is 22.8 Å². The molecule has 0 bridgehead atoms. The molecular weight excluding hydrogens is 353 g/mol. The zero-order chi connectivity index (χ0) is 18.2. The molecule has 3 rings (SSSR count). The summed E-state index contributed by atoms with van der Waals surface area (Å²) in [6.45, 7) is 0. The van der Waals surface area contributed by atoms with Gasteiger partial charge in [-0.1, -0.05) is 18.2 Å². The molecule has 1 heterocycles. The van der Waals surface area contributed by atoms with Crippen LogP contribution in [0.1, 0.15) is 12.0 Å². The number of amides is 2. The topological polar surface area (TPSA) is 63.4 Å². The molecule has 1 aliphatic heterocycles. The summed E-state index contributed by atoms with van der Waals surface area (Å²) >= 11 is 1.14. The van der Waals surface area contributed by atoms with Crippen LogP contribution in [0.15, 0.2) is 53.4 Å². The van der Waals surface area contributed by atoms with E-state index in [1.165, 1.54) is 12.1 Å². The highest BCUT2D eigenvalue weighted by atomic mass is 32.2. The highest BCUT2D eigenvalue weighted by Crippen LogP contribution is 2.37. The summed E-state index contributed by atoms with van der Waals surface area (Å²) in [6.07, 6.45) is -4.64. The Morgan fingerprint density at radius 1 is 1.08 bits per heavy atom. The van der Waals surface area contributed by atoms with Gasteiger partial charge in [0.15, 0.2) is 0 Å². The van der Waals surface area contributed by atoms with Crippen molar-refractivity contribution in [1.82, 2.24) is 0 Å². The van der Waals surface area contributed by atoms with E-state index in [0.717, 1.165) is 28.8 Å². The number of carbonyl (C=O) groups excluding carboxylic acids is 2. The maximum absolute atomic E-state index is 12.9. The number of halogens is 3. The number of rotatable bonds is 3. The van der Waals surface area contributed by atoms with Gasteiger partial charge in [-0.05, 0) is 30.3 Å². The summed E-state index contributed by atoms with van der Waals surface area (Å²) in [5, 5.41) is -0.716. The van der Waals surface area contributed by atoms with Crippen LogP contribution in [0.4, 0.5) is 24.5 Å². The molecule has 0 aromatic heterocycles. The van der Waals surface area contributed by atoms with Crippen LogP contribution in [-0.4, -0.2) is 17.1 Å². The van der Waals surface area contributed by atoms with Gasteiger partial charge in [-0.3, -0.25) is 9.59 Å². The van der Waals surface area contributed by atoms with Crippen molar-refractivity contribution in [1.29, 1.82) is 0 Å². The maximum Gasteiger partial charge on any atom is 0.416 e. The third-order valence-corrected chi connectivity index (χ3v) is 5.00. The SMILES string of the molecule is Nc1ccccc1SC1CC(=O)N(c2cccc(C(F)(F)F)c2)C1=O. The van der Waals surface area contributed by atoms with E-state index in [1.54, 1.807) is 24.3 Å². The van der Waals surface area contributed by atoms with Gasteiger partial charge in [0.1, 0.15) is 0 Å². The van der Waals surface area contributed by atoms with E-state index < -0.39 is 28.8 Å². The molecule has 25 heavy (non-hydrogen) atoms. The number of imide groups is 1. The predicted octanol–water partition coefficient (Wildman–Crippen LogP) is 3.71. The van der Waals surface area contributed by atoms with Crippen molar-refractivity contribution in [2.45, 2.75) is 22.7 Å². The van der Waals surface area contributed by atoms with Gasteiger partial charge in [0.25, 0.3) is 0 Å². The summed E-state index contributed by atoms with van der Waals surface area (Å²) in [5.41, 5.74) is 5.33. The molecule has 0 saturated carbocycles. The van der Waals surface area contributed by atoms with Crippen molar-refractivity contribution in [3.63, 3.8) is 0 Å². The Kier molecular flexibility index (Phi) is 4.47. The second-order valence-corrected chi connectivity index (χ2v) is 6.71. The third-order valence-electron chi connectivity index (χ3n) is 3.73. The first-order chi connectivity index (χ1) is 11.8. The van der Waals surface area contributed by atoms with Crippen molar-refractivity contribution >= 4 is 35.0 Å². The normalized spacial score (nSPS) is 18.0. The number of benzene rings is 2. The number of carbonyl (C=O) groups is 2. The van der Waals surface area contributed by atoms with Gasteiger partial charge < -0.3 is 5.73 Å². The van der Waals surface area contributed by atoms with E-state index in [9.17, 15) is 22.8 Å². The monoisotopic (exact) mass is 366 g/mol. The molecule has 1 saturated heterocycles. The lowest BCUT2D eigenvalue weighted by Crippen LogP contribution is -2.31. The number of hydrogen-bond donors (Lipinski definition) is 1. The Bertz CT molecular complexity index is 839. The standard InChI is InChI=1S/C17H13F3N2O2S/c18-17(19,20)10-4-3-5-11(8-10)22-15(23)9-14(16(22)24)25-13-7-2-1-6-12(13)21/h1-8,14H,9,21H2. The van der Waals surface area contributed by atoms with Gasteiger partial charge in [-0.25, -0.2) is 4.90 Å². The minimum Gasteiger partial charge on any atom is -0.398 e. The largest absolute Gasteiger partial charge is 0.416 e. The fourth-order valence-corrected chi connectivity index (χ4v) is 3.63. The van der Waals surface area contributed by atoms with E-state index in [1.807, 2.05) is 0 Å². The molecule has 0 radical (unpaired) electrons. The second-order valence-electron chi connectivity index (χ2n) is 5.46. The Balaban J connectivity index is 1.86. The molecule has 2 N–H and O–H groups in total. The molecule has 0 spiro atoms. The first kappa shape index (κ1) is 17.3. The molecule has 2 aromatic carbocycles. The molecule has 130 valence electrons. The predicted molar refractivity (Wildman–Crippen MR) is 89.1 cm³/mol. The van der Waals surface area contributed by atoms with Crippen LogP contribution in [0.3, 0.4) is 0 Å². The van der Waals surface area contributed by atoms with E-state index in [4.69, 9.17) is 5.73 Å². The Hall–Kier alpha value is -2.48. The summed E-state index contributed by atoms with van der Waals surface area (Å²) in [5.74, 6) is -1.08. The number of nitrogens with zero attached hydrogens (tertiary/aromatic N) is 1. The zero-order valence-electron chi connectivity index (χ0n) is 12.8. The van der Waals surface area contributed by atoms with Crippen molar-refractivity contribution in [3.05, 3.63) is 54.1 Å². The quantitative estimate of drug-likeness (QED) is 0.664. The summed E-state index contributed by atoms with van der Waals surface area (Å²) < 4.78 is 38.6. The van der Waals surface area contributed by atoms with Crippen LogP contribution in [0.5, 0.6) is 0 Å². The number of anilines is 2. The van der Waals surface area contributed by atoms with Crippen LogP contribution < -0.4 is 10.6 Å². The van der Waals surface area contributed by atoms with Gasteiger partial charge in [0, 0.05) is 17.0 Å². The van der Waals surface area contributed by atoms with Crippen LogP contribution in [-0.2, 0) is 15.8 Å². The van der Waals surface area contributed by atoms with Gasteiger partial charge in [-0.2, -0.15) is 13.2 Å². The summed E-state index contributed by atoms with van der Waals surface area (Å²) in [6, 6.07) is 11.1. The molecule has 2 aromatic rings. The fraction of sp³-hybridized carbons (Fsp3) is 0.176. The highest BCUT2D eigenvalue weighted by molar-refractivity contribution is 8.00. The molecule has 8 heteroatoms. The number of hydrogen-bond acceptors (Lipinski definition) is 4. The number of alkyl halides is 3. The van der Waals surface area contributed by atoms with E-state index in [2.05, 4.69) is 0 Å². The molecule has 2 amide bonds. The minimum absolute atomic E-state index is 0.0750. The number of nitrogen functional groups attached to an aromatic ring is 1. The van der Waals surface area contributed by atoms with E-state index in [-0.39, 0.29) is 12.1 Å². The van der Waals surface area contributed by atoms with Gasteiger partial charge in [-0.15, -0.1) is 11.8 Å². The van der Waals surface area contributed by atoms with Crippen LogP contribution >= 0.6 is 11.8 Å². The Morgan fingerprint density at radius 2 is 1.80 bits per heavy atom. The Morgan fingerprint density at radius 3 is 2.48 bits per heavy atom. The lowest BCUT2D eigenvalue weighted by Gasteiger charge is -2.17. The average Bonchev–Trinajstić information content (AvgIpc) is 2.83. The maximum atomic E-state index is 12.9. The molecule has 1 unspecified atom stereocenters. The van der Waals surface area contributed by atoms with E-state index in [0.29, 0.717) is 10.6 Å². The lowest BCUT2D eigenvalue weighted by atomic mass is 10.2. The third kappa shape index (κ3) is 3.48.